The van der Waals surface area contributed by atoms with Gasteiger partial charge in [-0.25, -0.2) is 15.0 Å². The number of aliphatic hydroxyl groups is 1. The molecule has 2 aromatic rings. The first kappa shape index (κ1) is 32.2. The van der Waals surface area contributed by atoms with E-state index in [1.807, 2.05) is 0 Å². The summed E-state index contributed by atoms with van der Waals surface area (Å²) in [5, 5.41) is 13.6. The Morgan fingerprint density at radius 1 is 0.683 bits per heavy atom. The van der Waals surface area contributed by atoms with Gasteiger partial charge in [-0.3, -0.25) is 0 Å². The maximum absolute atomic E-state index is 13.8. The van der Waals surface area contributed by atoms with Gasteiger partial charge in [-0.15, -0.1) is 0 Å². The number of anilines is 1. The third kappa shape index (κ3) is 6.76. The number of rotatable bonds is 4. The van der Waals surface area contributed by atoms with Crippen LogP contribution in [-0.2, 0) is 29.4 Å². The third-order valence-electron chi connectivity index (χ3n) is 5.36. The molecule has 1 aliphatic heterocycles. The summed E-state index contributed by atoms with van der Waals surface area (Å²) in [7, 11) is 0.357. The molecule has 2 aromatic heterocycles. The Kier molecular flexibility index (Phi) is 7.98. The number of pyridine rings is 2. The summed E-state index contributed by atoms with van der Waals surface area (Å²) in [4.78, 5) is 4.73. The van der Waals surface area contributed by atoms with Gasteiger partial charge in [0.2, 0.25) is 0 Å². The minimum Gasteiger partial charge on any atom is -0.371 e. The van der Waals surface area contributed by atoms with Gasteiger partial charge in [-0.1, -0.05) is 0 Å². The normalized spacial score (nSPS) is 19.9. The lowest BCUT2D eigenvalue weighted by Crippen LogP contribution is -2.48. The fourth-order valence-electron chi connectivity index (χ4n) is 3.69. The topological polar surface area (TPSA) is 70.8 Å². The van der Waals surface area contributed by atoms with E-state index < -0.39 is 88.9 Å². The van der Waals surface area contributed by atoms with Crippen molar-refractivity contribution in [2.75, 3.05) is 12.1 Å². The van der Waals surface area contributed by atoms with E-state index in [9.17, 15) is 71.0 Å². The molecule has 0 radical (unpaired) electrons. The summed E-state index contributed by atoms with van der Waals surface area (Å²) >= 11 is 0. The van der Waals surface area contributed by atoms with Crippen LogP contribution in [0.25, 0.3) is 0 Å². The Balaban J connectivity index is 2.37. The zero-order chi connectivity index (χ0) is 31.5. The number of alkyl halides is 15. The van der Waals surface area contributed by atoms with Crippen molar-refractivity contribution in [2.24, 2.45) is 11.0 Å². The zero-order valence-corrected chi connectivity index (χ0v) is 19.4. The minimum atomic E-state index is -5.62. The van der Waals surface area contributed by atoms with Crippen molar-refractivity contribution in [3.63, 3.8) is 0 Å². The lowest BCUT2D eigenvalue weighted by Gasteiger charge is -2.30. The van der Waals surface area contributed by atoms with Crippen LogP contribution in [0.2, 0.25) is 0 Å². The van der Waals surface area contributed by atoms with Crippen molar-refractivity contribution in [3.8, 4) is 0 Å². The second-order valence-electron chi connectivity index (χ2n) is 8.18. The summed E-state index contributed by atoms with van der Waals surface area (Å²) in [6, 6.07) is -0.775. The van der Waals surface area contributed by atoms with E-state index in [1.165, 1.54) is 0 Å². The van der Waals surface area contributed by atoms with E-state index in [2.05, 4.69) is 19.8 Å². The molecule has 0 amide bonds. The zero-order valence-electron chi connectivity index (χ0n) is 19.4. The fourth-order valence-corrected chi connectivity index (χ4v) is 3.69. The first-order valence-electron chi connectivity index (χ1n) is 10.3. The van der Waals surface area contributed by atoms with Crippen LogP contribution in [-0.4, -0.2) is 46.4 Å². The molecule has 3 rings (SSSR count). The first-order chi connectivity index (χ1) is 18.4. The van der Waals surface area contributed by atoms with Crippen LogP contribution in [0, 0.1) is 5.92 Å². The summed E-state index contributed by atoms with van der Waals surface area (Å²) in [6.45, 7) is 0. The molecule has 3 atom stereocenters. The SMILES string of the molecule is COC(C1C(c2cc(C(F)(F)F)nc(C(F)(F)F)c2)=NN(c2cc(C(F)(F)F)nc(C(F)(F)F)c2)C1O)C(F)(F)F. The maximum Gasteiger partial charge on any atom is 0.433 e. The fraction of sp³-hybridized carbons (Fsp3) is 0.450. The molecule has 0 saturated heterocycles. The van der Waals surface area contributed by atoms with Crippen LogP contribution in [0.3, 0.4) is 0 Å². The average molecular weight is 624 g/mol. The van der Waals surface area contributed by atoms with Gasteiger partial charge in [-0.05, 0) is 24.3 Å². The summed E-state index contributed by atoms with van der Waals surface area (Å²) in [5.74, 6) is -2.80. The molecule has 0 fully saturated rings. The van der Waals surface area contributed by atoms with Gasteiger partial charge < -0.3 is 9.84 Å². The monoisotopic (exact) mass is 624 g/mol. The number of halogens is 15. The number of methoxy groups -OCH3 is 1. The van der Waals surface area contributed by atoms with Gasteiger partial charge in [0.25, 0.3) is 0 Å². The van der Waals surface area contributed by atoms with Gasteiger partial charge in [0.15, 0.2) is 12.3 Å². The Bertz CT molecular complexity index is 1250. The number of aliphatic hydroxyl groups excluding tert-OH is 1. The van der Waals surface area contributed by atoms with Crippen molar-refractivity contribution >= 4 is 11.4 Å². The molecule has 1 aliphatic rings. The second kappa shape index (κ2) is 10.2. The highest BCUT2D eigenvalue weighted by Crippen LogP contribution is 2.43. The van der Waals surface area contributed by atoms with Crippen LogP contribution in [0.4, 0.5) is 71.5 Å². The molecule has 228 valence electrons. The molecule has 3 unspecified atom stereocenters. The quantitative estimate of drug-likeness (QED) is 0.406. The van der Waals surface area contributed by atoms with Gasteiger partial charge in [-0.2, -0.15) is 71.0 Å². The number of nitrogens with zero attached hydrogens (tertiary/aromatic N) is 4. The highest BCUT2D eigenvalue weighted by molar-refractivity contribution is 6.05. The van der Waals surface area contributed by atoms with Gasteiger partial charge in [0, 0.05) is 12.7 Å². The van der Waals surface area contributed by atoms with Crippen molar-refractivity contribution in [2.45, 2.75) is 43.2 Å². The predicted molar refractivity (Wildman–Crippen MR) is 104 cm³/mol. The smallest absolute Gasteiger partial charge is 0.371 e. The molecule has 0 saturated carbocycles. The molecule has 0 aromatic carbocycles. The minimum absolute atomic E-state index is 0.188. The number of aromatic nitrogens is 2. The molecule has 21 heteroatoms. The summed E-state index contributed by atoms with van der Waals surface area (Å²) < 4.78 is 205. The van der Waals surface area contributed by atoms with E-state index in [0.717, 1.165) is 0 Å². The lowest BCUT2D eigenvalue weighted by molar-refractivity contribution is -0.227. The summed E-state index contributed by atoms with van der Waals surface area (Å²) in [5.41, 5.74) is -13.4. The second-order valence-corrected chi connectivity index (χ2v) is 8.18. The molecule has 6 nitrogen and oxygen atoms in total. The highest BCUT2D eigenvalue weighted by Gasteiger charge is 2.55. The molecule has 0 spiro atoms. The molecule has 0 aliphatic carbocycles. The molecular weight excluding hydrogens is 613 g/mol. The number of hydrogen-bond acceptors (Lipinski definition) is 6. The van der Waals surface area contributed by atoms with Crippen LogP contribution in [0.5, 0.6) is 0 Å². The lowest BCUT2D eigenvalue weighted by atomic mass is 9.90. The van der Waals surface area contributed by atoms with E-state index in [4.69, 9.17) is 0 Å². The molecule has 1 N–H and O–H groups in total. The van der Waals surface area contributed by atoms with Crippen LogP contribution >= 0.6 is 0 Å². The standard InChI is InChI=1S/C20H11F15N4O2/c1-41-14(20(33,34)35)12-13(6-2-8(16(21,22)23)36-9(3-6)17(24,25)26)38-39(15(12)40)7-4-10(18(27,28)29)37-11(5-7)19(30,31)32/h2-5,12,14-15,40H,1H3. The Morgan fingerprint density at radius 3 is 1.37 bits per heavy atom. The molecular formula is C20H11F15N4O2. The Labute approximate surface area is 217 Å². The average Bonchev–Trinajstić information content (AvgIpc) is 3.12. The van der Waals surface area contributed by atoms with Crippen LogP contribution < -0.4 is 5.01 Å². The van der Waals surface area contributed by atoms with Crippen molar-refractivity contribution in [3.05, 3.63) is 52.6 Å². The largest absolute Gasteiger partial charge is 0.433 e. The van der Waals surface area contributed by atoms with E-state index >= 15 is 0 Å². The number of ether oxygens (including phenoxy) is 1. The van der Waals surface area contributed by atoms with Crippen LogP contribution in [0.1, 0.15) is 28.3 Å². The summed E-state index contributed by atoms with van der Waals surface area (Å²) in [6.07, 6.45) is -34.2. The van der Waals surface area contributed by atoms with Gasteiger partial charge >= 0.3 is 30.9 Å². The van der Waals surface area contributed by atoms with E-state index in [1.54, 1.807) is 0 Å². The molecule has 0 bridgehead atoms. The van der Waals surface area contributed by atoms with E-state index in [0.29, 0.717) is 7.11 Å². The van der Waals surface area contributed by atoms with Crippen molar-refractivity contribution in [1.29, 1.82) is 0 Å². The van der Waals surface area contributed by atoms with Gasteiger partial charge in [0.05, 0.1) is 17.3 Å². The van der Waals surface area contributed by atoms with Gasteiger partial charge in [0.1, 0.15) is 22.8 Å². The third-order valence-corrected chi connectivity index (χ3v) is 5.36. The van der Waals surface area contributed by atoms with Crippen LogP contribution in [0.15, 0.2) is 29.4 Å². The molecule has 41 heavy (non-hydrogen) atoms. The highest BCUT2D eigenvalue weighted by atomic mass is 19.4. The van der Waals surface area contributed by atoms with Crippen molar-refractivity contribution < 1.29 is 75.7 Å². The maximum atomic E-state index is 13.8. The molecule has 3 heterocycles. The number of hydrogen-bond donors (Lipinski definition) is 1. The predicted octanol–water partition coefficient (Wildman–Crippen LogP) is 6.29. The first-order valence-corrected chi connectivity index (χ1v) is 10.3. The Hall–Kier alpha value is -3.36. The van der Waals surface area contributed by atoms with E-state index in [-0.39, 0.29) is 29.3 Å². The Morgan fingerprint density at radius 2 is 1.05 bits per heavy atom. The number of hydrazone groups is 1. The van der Waals surface area contributed by atoms with Crippen molar-refractivity contribution in [1.82, 2.24) is 9.97 Å².